The van der Waals surface area contributed by atoms with E-state index in [-0.39, 0.29) is 18.3 Å². The molecule has 3 nitrogen and oxygen atoms in total. The molecule has 1 unspecified atom stereocenters. The number of benzene rings is 1. The Bertz CT molecular complexity index is 370. The lowest BCUT2D eigenvalue weighted by molar-refractivity contribution is -0.115. The Morgan fingerprint density at radius 2 is 2.06 bits per heavy atom. The number of carbonyl (C=O) groups excluding carboxylic acids is 1. The third-order valence-electron chi connectivity index (χ3n) is 2.54. The highest BCUT2D eigenvalue weighted by Crippen LogP contribution is 2.07. The summed E-state index contributed by atoms with van der Waals surface area (Å²) in [6, 6.07) is 6.09. The van der Waals surface area contributed by atoms with Crippen LogP contribution in [0.1, 0.15) is 13.3 Å². The van der Waals surface area contributed by atoms with Crippen LogP contribution in [-0.2, 0) is 4.79 Å². The molecule has 0 aliphatic heterocycles. The Morgan fingerprint density at radius 1 is 1.39 bits per heavy atom. The Kier molecular flexibility index (Phi) is 6.75. The maximum absolute atomic E-state index is 12.7. The van der Waals surface area contributed by atoms with E-state index in [1.165, 1.54) is 12.1 Å². The van der Waals surface area contributed by atoms with Crippen LogP contribution in [0, 0.1) is 5.82 Å². The second kappa shape index (κ2) is 8.11. The molecule has 0 heterocycles. The van der Waals surface area contributed by atoms with Crippen molar-refractivity contribution >= 4 is 23.4 Å². The number of hydrogen-bond acceptors (Lipinski definition) is 3. The largest absolute Gasteiger partial charge is 0.325 e. The summed E-state index contributed by atoms with van der Waals surface area (Å²) in [6.45, 7) is 2.36. The molecule has 1 aromatic carbocycles. The molecule has 0 saturated carbocycles. The summed E-state index contributed by atoms with van der Waals surface area (Å²) in [5, 5.41) is 5.91. The van der Waals surface area contributed by atoms with E-state index in [1.54, 1.807) is 23.9 Å². The van der Waals surface area contributed by atoms with E-state index in [1.807, 2.05) is 6.26 Å². The van der Waals surface area contributed by atoms with Gasteiger partial charge in [0.1, 0.15) is 5.82 Å². The van der Waals surface area contributed by atoms with Crippen molar-refractivity contribution in [3.63, 3.8) is 0 Å². The van der Waals surface area contributed by atoms with Crippen LogP contribution in [-0.4, -0.2) is 30.5 Å². The average molecular weight is 270 g/mol. The van der Waals surface area contributed by atoms with Gasteiger partial charge in [0.05, 0.1) is 6.54 Å². The van der Waals surface area contributed by atoms with Gasteiger partial charge in [-0.2, -0.15) is 11.8 Å². The minimum Gasteiger partial charge on any atom is -0.325 e. The molecular formula is C13H19FN2OS. The van der Waals surface area contributed by atoms with Gasteiger partial charge in [0.2, 0.25) is 5.91 Å². The van der Waals surface area contributed by atoms with Gasteiger partial charge in [-0.05, 0) is 36.9 Å². The fourth-order valence-corrected chi connectivity index (χ4v) is 2.25. The summed E-state index contributed by atoms with van der Waals surface area (Å²) in [4.78, 5) is 11.6. The van der Waals surface area contributed by atoms with Crippen LogP contribution in [0.15, 0.2) is 24.3 Å². The highest BCUT2D eigenvalue weighted by Gasteiger charge is 2.07. The number of carbonyl (C=O) groups is 1. The molecule has 18 heavy (non-hydrogen) atoms. The summed E-state index contributed by atoms with van der Waals surface area (Å²) in [6.07, 6.45) is 3.04. The van der Waals surface area contributed by atoms with Gasteiger partial charge < -0.3 is 10.6 Å². The van der Waals surface area contributed by atoms with Crippen LogP contribution >= 0.6 is 11.8 Å². The first kappa shape index (κ1) is 15.0. The molecule has 0 aliphatic rings. The lowest BCUT2D eigenvalue weighted by atomic mass is 10.2. The molecule has 0 aliphatic carbocycles. The van der Waals surface area contributed by atoms with Gasteiger partial charge >= 0.3 is 0 Å². The number of hydrogen-bond donors (Lipinski definition) is 2. The second-order valence-corrected chi connectivity index (χ2v) is 4.91. The third-order valence-corrected chi connectivity index (χ3v) is 3.28. The zero-order valence-electron chi connectivity index (χ0n) is 10.7. The zero-order chi connectivity index (χ0) is 13.4. The van der Waals surface area contributed by atoms with E-state index >= 15 is 0 Å². The lowest BCUT2D eigenvalue weighted by Crippen LogP contribution is -2.37. The number of rotatable bonds is 7. The molecule has 0 aromatic heterocycles. The highest BCUT2D eigenvalue weighted by atomic mass is 32.2. The predicted molar refractivity (Wildman–Crippen MR) is 75.5 cm³/mol. The predicted octanol–water partition coefficient (Wildman–Crippen LogP) is 2.50. The number of thioether (sulfide) groups is 1. The lowest BCUT2D eigenvalue weighted by Gasteiger charge is -2.15. The first-order valence-electron chi connectivity index (χ1n) is 5.93. The van der Waals surface area contributed by atoms with Crippen molar-refractivity contribution in [1.82, 2.24) is 5.32 Å². The fourth-order valence-electron chi connectivity index (χ4n) is 1.50. The number of anilines is 1. The van der Waals surface area contributed by atoms with Crippen molar-refractivity contribution in [2.24, 2.45) is 0 Å². The van der Waals surface area contributed by atoms with E-state index in [4.69, 9.17) is 0 Å². The van der Waals surface area contributed by atoms with E-state index in [9.17, 15) is 9.18 Å². The van der Waals surface area contributed by atoms with Crippen molar-refractivity contribution in [1.29, 1.82) is 0 Å². The molecule has 0 saturated heterocycles. The summed E-state index contributed by atoms with van der Waals surface area (Å²) < 4.78 is 12.7. The number of halogens is 1. The van der Waals surface area contributed by atoms with Crippen LogP contribution in [0.5, 0.6) is 0 Å². The molecule has 100 valence electrons. The van der Waals surface area contributed by atoms with E-state index in [0.29, 0.717) is 11.7 Å². The molecule has 5 heteroatoms. The monoisotopic (exact) mass is 270 g/mol. The van der Waals surface area contributed by atoms with E-state index in [0.717, 1.165) is 12.2 Å². The van der Waals surface area contributed by atoms with Crippen LogP contribution in [0.2, 0.25) is 0 Å². The first-order valence-corrected chi connectivity index (χ1v) is 7.32. The number of amides is 1. The normalized spacial score (nSPS) is 12.2. The standard InChI is InChI=1S/C13H19FN2OS/c1-3-11(9-18-2)15-8-13(17)16-12-6-4-10(14)5-7-12/h4-7,11,15H,3,8-9H2,1-2H3,(H,16,17). The first-order chi connectivity index (χ1) is 8.65. The van der Waals surface area contributed by atoms with Crippen LogP contribution in [0.25, 0.3) is 0 Å². The topological polar surface area (TPSA) is 41.1 Å². The second-order valence-electron chi connectivity index (χ2n) is 4.00. The molecule has 2 N–H and O–H groups in total. The van der Waals surface area contributed by atoms with Crippen LogP contribution in [0.4, 0.5) is 10.1 Å². The van der Waals surface area contributed by atoms with Gasteiger partial charge in [-0.3, -0.25) is 4.79 Å². The summed E-state index contributed by atoms with van der Waals surface area (Å²) >= 11 is 1.76. The quantitative estimate of drug-likeness (QED) is 0.800. The molecule has 1 amide bonds. The average Bonchev–Trinajstić information content (AvgIpc) is 2.37. The van der Waals surface area contributed by atoms with Crippen LogP contribution < -0.4 is 10.6 Å². The van der Waals surface area contributed by atoms with Crippen molar-refractivity contribution in [2.45, 2.75) is 19.4 Å². The Morgan fingerprint density at radius 3 is 2.61 bits per heavy atom. The maximum atomic E-state index is 12.7. The fraction of sp³-hybridized carbons (Fsp3) is 0.462. The van der Waals surface area contributed by atoms with Gasteiger partial charge in [0.15, 0.2) is 0 Å². The molecule has 0 spiro atoms. The molecular weight excluding hydrogens is 251 g/mol. The Hall–Kier alpha value is -1.07. The van der Waals surface area contributed by atoms with E-state index < -0.39 is 0 Å². The SMILES string of the molecule is CCC(CSC)NCC(=O)Nc1ccc(F)cc1. The molecule has 1 rings (SSSR count). The summed E-state index contributed by atoms with van der Waals surface area (Å²) in [5.41, 5.74) is 0.612. The van der Waals surface area contributed by atoms with Gasteiger partial charge in [-0.1, -0.05) is 6.92 Å². The van der Waals surface area contributed by atoms with Gasteiger partial charge in [-0.25, -0.2) is 4.39 Å². The highest BCUT2D eigenvalue weighted by molar-refractivity contribution is 7.98. The molecule has 1 aromatic rings. The van der Waals surface area contributed by atoms with Crippen molar-refractivity contribution < 1.29 is 9.18 Å². The van der Waals surface area contributed by atoms with Crippen LogP contribution in [0.3, 0.4) is 0 Å². The van der Waals surface area contributed by atoms with Gasteiger partial charge in [-0.15, -0.1) is 0 Å². The van der Waals surface area contributed by atoms with Gasteiger partial charge in [0, 0.05) is 17.5 Å². The minimum absolute atomic E-state index is 0.110. The Balaban J connectivity index is 2.35. The van der Waals surface area contributed by atoms with Crippen molar-refractivity contribution in [2.75, 3.05) is 23.9 Å². The van der Waals surface area contributed by atoms with Crippen molar-refractivity contribution in [3.8, 4) is 0 Å². The smallest absolute Gasteiger partial charge is 0.238 e. The molecule has 1 atom stereocenters. The summed E-state index contributed by atoms with van der Waals surface area (Å²) in [7, 11) is 0. The van der Waals surface area contributed by atoms with Crippen molar-refractivity contribution in [3.05, 3.63) is 30.1 Å². The molecule has 0 fully saturated rings. The van der Waals surface area contributed by atoms with E-state index in [2.05, 4.69) is 17.6 Å². The third kappa shape index (κ3) is 5.51. The zero-order valence-corrected chi connectivity index (χ0v) is 11.5. The van der Waals surface area contributed by atoms with Gasteiger partial charge in [0.25, 0.3) is 0 Å². The molecule has 0 bridgehead atoms. The maximum Gasteiger partial charge on any atom is 0.238 e. The molecule has 0 radical (unpaired) electrons. The summed E-state index contributed by atoms with van der Waals surface area (Å²) in [5.74, 6) is 0.568. The Labute approximate surface area is 112 Å². The number of nitrogens with one attached hydrogen (secondary N) is 2. The minimum atomic E-state index is -0.308.